The summed E-state index contributed by atoms with van der Waals surface area (Å²) in [6, 6.07) is 6.23. The van der Waals surface area contributed by atoms with Crippen LogP contribution in [0.15, 0.2) is 18.2 Å². The van der Waals surface area contributed by atoms with Crippen LogP contribution in [0.2, 0.25) is 10.0 Å². The van der Waals surface area contributed by atoms with E-state index in [1.807, 2.05) is 18.2 Å². The van der Waals surface area contributed by atoms with Crippen molar-refractivity contribution in [1.82, 2.24) is 5.32 Å². The van der Waals surface area contributed by atoms with Crippen molar-refractivity contribution in [1.29, 1.82) is 0 Å². The number of rotatable bonds is 8. The Morgan fingerprint density at radius 1 is 1.24 bits per heavy atom. The van der Waals surface area contributed by atoms with Crippen molar-refractivity contribution in [3.05, 3.63) is 33.8 Å². The summed E-state index contributed by atoms with van der Waals surface area (Å²) in [6.45, 7) is 3.26. The zero-order chi connectivity index (χ0) is 15.1. The van der Waals surface area contributed by atoms with Gasteiger partial charge in [0.2, 0.25) is 0 Å². The molecule has 1 aromatic carbocycles. The van der Waals surface area contributed by atoms with Gasteiger partial charge in [0, 0.05) is 27.1 Å². The molecular formula is C17H25Cl2NS. The summed E-state index contributed by atoms with van der Waals surface area (Å²) in [6.07, 6.45) is 7.65. The molecule has 21 heavy (non-hydrogen) atoms. The van der Waals surface area contributed by atoms with E-state index in [9.17, 15) is 0 Å². The van der Waals surface area contributed by atoms with Crippen LogP contribution in [-0.4, -0.2) is 23.6 Å². The van der Waals surface area contributed by atoms with Crippen LogP contribution in [0.3, 0.4) is 0 Å². The molecule has 1 unspecified atom stereocenters. The Morgan fingerprint density at radius 2 is 1.90 bits per heavy atom. The molecule has 1 aromatic rings. The quantitative estimate of drug-likeness (QED) is 0.659. The van der Waals surface area contributed by atoms with E-state index in [1.54, 1.807) is 0 Å². The monoisotopic (exact) mass is 345 g/mol. The van der Waals surface area contributed by atoms with E-state index in [4.69, 9.17) is 23.2 Å². The molecule has 118 valence electrons. The Kier molecular flexibility index (Phi) is 7.73. The first-order valence-corrected chi connectivity index (χ1v) is 9.79. The molecule has 1 nitrogen and oxygen atoms in total. The Hall–Kier alpha value is 0.110. The minimum atomic E-state index is 0.452. The Labute approximate surface area is 143 Å². The number of halogens is 2. The average molecular weight is 346 g/mol. The Balaban J connectivity index is 1.94. The van der Waals surface area contributed by atoms with Gasteiger partial charge in [-0.15, -0.1) is 0 Å². The van der Waals surface area contributed by atoms with Gasteiger partial charge in [0.1, 0.15) is 0 Å². The molecule has 0 aromatic heterocycles. The van der Waals surface area contributed by atoms with Gasteiger partial charge in [-0.25, -0.2) is 0 Å². The van der Waals surface area contributed by atoms with Crippen LogP contribution in [0.5, 0.6) is 0 Å². The van der Waals surface area contributed by atoms with E-state index in [1.165, 1.54) is 25.7 Å². The highest BCUT2D eigenvalue weighted by atomic mass is 35.5. The van der Waals surface area contributed by atoms with Crippen molar-refractivity contribution in [3.63, 3.8) is 0 Å². The van der Waals surface area contributed by atoms with Crippen LogP contribution in [0, 0.1) is 0 Å². The SMILES string of the molecule is CCCNC(CSC1CCCC1)Cc1c(Cl)cccc1Cl. The summed E-state index contributed by atoms with van der Waals surface area (Å²) in [5.41, 5.74) is 1.08. The van der Waals surface area contributed by atoms with E-state index in [0.29, 0.717) is 6.04 Å². The summed E-state index contributed by atoms with van der Waals surface area (Å²) in [7, 11) is 0. The lowest BCUT2D eigenvalue weighted by atomic mass is 10.1. The molecule has 0 bridgehead atoms. The zero-order valence-corrected chi connectivity index (χ0v) is 15.0. The summed E-state index contributed by atoms with van der Waals surface area (Å²) < 4.78 is 0. The van der Waals surface area contributed by atoms with Crippen LogP contribution in [-0.2, 0) is 6.42 Å². The summed E-state index contributed by atoms with van der Waals surface area (Å²) >= 11 is 14.8. The largest absolute Gasteiger partial charge is 0.313 e. The fourth-order valence-corrected chi connectivity index (χ4v) is 4.78. The van der Waals surface area contributed by atoms with Crippen LogP contribution < -0.4 is 5.32 Å². The molecule has 1 fully saturated rings. The van der Waals surface area contributed by atoms with Gasteiger partial charge < -0.3 is 5.32 Å². The third-order valence-electron chi connectivity index (χ3n) is 4.03. The molecule has 0 amide bonds. The predicted octanol–water partition coefficient (Wildman–Crippen LogP) is 5.58. The fourth-order valence-electron chi connectivity index (χ4n) is 2.82. The average Bonchev–Trinajstić information content (AvgIpc) is 2.98. The first kappa shape index (κ1) is 17.5. The number of nitrogens with one attached hydrogen (secondary N) is 1. The van der Waals surface area contributed by atoms with E-state index in [0.717, 1.165) is 46.0 Å². The van der Waals surface area contributed by atoms with Gasteiger partial charge in [-0.05, 0) is 49.9 Å². The van der Waals surface area contributed by atoms with Gasteiger partial charge in [-0.3, -0.25) is 0 Å². The maximum atomic E-state index is 6.32. The van der Waals surface area contributed by atoms with E-state index in [-0.39, 0.29) is 0 Å². The van der Waals surface area contributed by atoms with Crippen molar-refractivity contribution < 1.29 is 0 Å². The Morgan fingerprint density at radius 3 is 2.52 bits per heavy atom. The van der Waals surface area contributed by atoms with Crippen molar-refractivity contribution >= 4 is 35.0 Å². The number of benzene rings is 1. The molecule has 1 aliphatic carbocycles. The second-order valence-electron chi connectivity index (χ2n) is 5.80. The molecule has 0 spiro atoms. The van der Waals surface area contributed by atoms with Crippen LogP contribution in [0.1, 0.15) is 44.6 Å². The topological polar surface area (TPSA) is 12.0 Å². The van der Waals surface area contributed by atoms with E-state index in [2.05, 4.69) is 24.0 Å². The Bertz CT molecular complexity index is 413. The van der Waals surface area contributed by atoms with Crippen LogP contribution in [0.4, 0.5) is 0 Å². The van der Waals surface area contributed by atoms with Crippen LogP contribution in [0.25, 0.3) is 0 Å². The molecular weight excluding hydrogens is 321 g/mol. The van der Waals surface area contributed by atoms with Crippen molar-refractivity contribution in [2.75, 3.05) is 12.3 Å². The minimum absolute atomic E-state index is 0.452. The molecule has 0 saturated heterocycles. The van der Waals surface area contributed by atoms with Gasteiger partial charge in [0.05, 0.1) is 0 Å². The predicted molar refractivity (Wildman–Crippen MR) is 97.0 cm³/mol. The van der Waals surface area contributed by atoms with Crippen LogP contribution >= 0.6 is 35.0 Å². The highest BCUT2D eigenvalue weighted by molar-refractivity contribution is 7.99. The van der Waals surface area contributed by atoms with Crippen molar-refractivity contribution in [2.24, 2.45) is 0 Å². The van der Waals surface area contributed by atoms with Crippen molar-refractivity contribution in [3.8, 4) is 0 Å². The molecule has 1 aliphatic rings. The molecule has 0 aliphatic heterocycles. The van der Waals surface area contributed by atoms with E-state index < -0.39 is 0 Å². The standard InChI is InChI=1S/C17H25Cl2NS/c1-2-10-20-13(12-21-14-6-3-4-7-14)11-15-16(18)8-5-9-17(15)19/h5,8-9,13-14,20H,2-4,6-7,10-12H2,1H3. The lowest BCUT2D eigenvalue weighted by molar-refractivity contribution is 0.549. The number of hydrogen-bond donors (Lipinski definition) is 1. The maximum Gasteiger partial charge on any atom is 0.0453 e. The first-order chi connectivity index (χ1) is 10.2. The highest BCUT2D eigenvalue weighted by Gasteiger charge is 2.19. The maximum absolute atomic E-state index is 6.32. The smallest absolute Gasteiger partial charge is 0.0453 e. The van der Waals surface area contributed by atoms with Gasteiger partial charge in [-0.1, -0.05) is 49.0 Å². The lowest BCUT2D eigenvalue weighted by Crippen LogP contribution is -2.34. The summed E-state index contributed by atoms with van der Waals surface area (Å²) in [5, 5.41) is 6.09. The second-order valence-corrected chi connectivity index (χ2v) is 7.94. The summed E-state index contributed by atoms with van der Waals surface area (Å²) in [5.74, 6) is 1.15. The first-order valence-electron chi connectivity index (χ1n) is 7.98. The normalized spacial score (nSPS) is 17.3. The molecule has 1 N–H and O–H groups in total. The number of thioether (sulfide) groups is 1. The van der Waals surface area contributed by atoms with E-state index >= 15 is 0 Å². The fraction of sp³-hybridized carbons (Fsp3) is 0.647. The lowest BCUT2D eigenvalue weighted by Gasteiger charge is -2.21. The molecule has 0 radical (unpaired) electrons. The third-order valence-corrected chi connectivity index (χ3v) is 6.28. The zero-order valence-electron chi connectivity index (χ0n) is 12.7. The molecule has 0 heterocycles. The van der Waals surface area contributed by atoms with Gasteiger partial charge >= 0.3 is 0 Å². The second kappa shape index (κ2) is 9.29. The number of hydrogen-bond acceptors (Lipinski definition) is 2. The van der Waals surface area contributed by atoms with Gasteiger partial charge in [-0.2, -0.15) is 11.8 Å². The highest BCUT2D eigenvalue weighted by Crippen LogP contribution is 2.31. The third kappa shape index (κ3) is 5.67. The van der Waals surface area contributed by atoms with Gasteiger partial charge in [0.25, 0.3) is 0 Å². The molecule has 1 saturated carbocycles. The molecule has 1 atom stereocenters. The minimum Gasteiger partial charge on any atom is -0.313 e. The summed E-state index contributed by atoms with van der Waals surface area (Å²) in [4.78, 5) is 0. The molecule has 4 heteroatoms. The van der Waals surface area contributed by atoms with Gasteiger partial charge in [0.15, 0.2) is 0 Å². The van der Waals surface area contributed by atoms with Crippen molar-refractivity contribution in [2.45, 2.75) is 56.7 Å². The molecule has 2 rings (SSSR count).